The molecule has 8 heteroatoms. The van der Waals surface area contributed by atoms with E-state index in [1.54, 1.807) is 13.1 Å². The Balaban J connectivity index is 0.00000289. The third-order valence-corrected chi connectivity index (χ3v) is 6.17. The van der Waals surface area contributed by atoms with E-state index >= 15 is 0 Å². The summed E-state index contributed by atoms with van der Waals surface area (Å²) in [6.45, 7) is 2.85. The Morgan fingerprint density at radius 1 is 1.19 bits per heavy atom. The fourth-order valence-electron chi connectivity index (χ4n) is 4.54. The zero-order chi connectivity index (χ0) is 21.8. The summed E-state index contributed by atoms with van der Waals surface area (Å²) in [7, 11) is 1.73. The summed E-state index contributed by atoms with van der Waals surface area (Å²) in [4.78, 5) is 20.5. The van der Waals surface area contributed by atoms with Gasteiger partial charge in [-0.15, -0.1) is 24.0 Å². The summed E-state index contributed by atoms with van der Waals surface area (Å²) in [5, 5.41) is 3.29. The van der Waals surface area contributed by atoms with Gasteiger partial charge in [-0.25, -0.2) is 8.78 Å². The molecule has 0 spiro atoms. The Morgan fingerprint density at radius 2 is 2.00 bits per heavy atom. The van der Waals surface area contributed by atoms with E-state index in [-0.39, 0.29) is 29.9 Å². The summed E-state index contributed by atoms with van der Waals surface area (Å²) in [5.74, 6) is -0.338. The first-order chi connectivity index (χ1) is 15.1. The summed E-state index contributed by atoms with van der Waals surface area (Å²) in [6, 6.07) is 12.5. The van der Waals surface area contributed by atoms with Gasteiger partial charge in [0.05, 0.1) is 0 Å². The van der Waals surface area contributed by atoms with Crippen LogP contribution in [0.2, 0.25) is 0 Å². The van der Waals surface area contributed by atoms with Crippen LogP contribution in [0.4, 0.5) is 14.5 Å². The molecule has 2 aliphatic heterocycles. The zero-order valence-electron chi connectivity index (χ0n) is 18.2. The number of carbonyl (C=O) groups excluding carboxylic acids is 1. The van der Waals surface area contributed by atoms with Gasteiger partial charge in [-0.2, -0.15) is 0 Å². The number of para-hydroxylation sites is 1. The minimum atomic E-state index is -0.824. The zero-order valence-corrected chi connectivity index (χ0v) is 20.5. The van der Waals surface area contributed by atoms with E-state index < -0.39 is 11.6 Å². The van der Waals surface area contributed by atoms with Crippen molar-refractivity contribution in [3.05, 3.63) is 65.2 Å². The first-order valence-corrected chi connectivity index (χ1v) is 10.9. The molecule has 2 aliphatic rings. The average molecular weight is 554 g/mol. The van der Waals surface area contributed by atoms with Crippen molar-refractivity contribution in [2.75, 3.05) is 38.1 Å². The molecule has 2 aromatic rings. The first kappa shape index (κ1) is 24.4. The molecule has 172 valence electrons. The maximum absolute atomic E-state index is 13.9. The number of fused-ring (bicyclic) bond motifs is 1. The molecule has 1 unspecified atom stereocenters. The largest absolute Gasteiger partial charge is 0.356 e. The Labute approximate surface area is 204 Å². The molecule has 32 heavy (non-hydrogen) atoms. The highest BCUT2D eigenvalue weighted by atomic mass is 127. The van der Waals surface area contributed by atoms with Crippen molar-refractivity contribution in [1.82, 2.24) is 10.2 Å². The minimum Gasteiger partial charge on any atom is -0.356 e. The molecular formula is C24H29F2IN4O. The number of hydrogen-bond acceptors (Lipinski definition) is 2. The molecule has 2 aromatic carbocycles. The topological polar surface area (TPSA) is 47.9 Å². The summed E-state index contributed by atoms with van der Waals surface area (Å²) in [6.07, 6.45) is 2.88. The molecule has 2 heterocycles. The molecule has 0 aliphatic carbocycles. The molecule has 0 saturated carbocycles. The van der Waals surface area contributed by atoms with Gasteiger partial charge in [0.25, 0.3) is 0 Å². The van der Waals surface area contributed by atoms with Crippen molar-refractivity contribution >= 4 is 41.5 Å². The number of hydrogen-bond donors (Lipinski definition) is 1. The van der Waals surface area contributed by atoms with Crippen molar-refractivity contribution < 1.29 is 13.6 Å². The Bertz CT molecular complexity index is 984. The van der Waals surface area contributed by atoms with Crippen LogP contribution in [0.3, 0.4) is 0 Å². The van der Waals surface area contributed by atoms with Gasteiger partial charge in [0.15, 0.2) is 17.6 Å². The second-order valence-electron chi connectivity index (χ2n) is 8.08. The van der Waals surface area contributed by atoms with Gasteiger partial charge < -0.3 is 15.1 Å². The normalized spacial score (nSPS) is 18.0. The lowest BCUT2D eigenvalue weighted by atomic mass is 9.98. The van der Waals surface area contributed by atoms with Gasteiger partial charge in [0.2, 0.25) is 5.91 Å². The van der Waals surface area contributed by atoms with Crippen LogP contribution < -0.4 is 10.2 Å². The number of aliphatic imine (C=N–C) groups is 1. The number of anilines is 1. The van der Waals surface area contributed by atoms with Gasteiger partial charge in [0.1, 0.15) is 0 Å². The molecule has 4 rings (SSSR count). The highest BCUT2D eigenvalue weighted by molar-refractivity contribution is 14.0. The number of benzene rings is 2. The van der Waals surface area contributed by atoms with Crippen LogP contribution in [0.25, 0.3) is 0 Å². The van der Waals surface area contributed by atoms with Crippen LogP contribution in [0.5, 0.6) is 0 Å². The quantitative estimate of drug-likeness (QED) is 0.329. The minimum absolute atomic E-state index is 0. The van der Waals surface area contributed by atoms with Crippen molar-refractivity contribution in [2.24, 2.45) is 4.99 Å². The number of halogens is 3. The van der Waals surface area contributed by atoms with Crippen molar-refractivity contribution in [1.29, 1.82) is 0 Å². The lowest BCUT2D eigenvalue weighted by Crippen LogP contribution is -2.42. The van der Waals surface area contributed by atoms with Gasteiger partial charge in [-0.05, 0) is 42.5 Å². The van der Waals surface area contributed by atoms with E-state index in [2.05, 4.69) is 27.3 Å². The number of guanidine groups is 1. The SMILES string of the molecule is CN=C(NCCc1cccc(F)c1F)N1CC(CCN2CCCC2=O)c2ccccc21.I. The molecule has 0 bridgehead atoms. The first-order valence-electron chi connectivity index (χ1n) is 10.9. The lowest BCUT2D eigenvalue weighted by Gasteiger charge is -2.23. The van der Waals surface area contributed by atoms with E-state index in [1.807, 2.05) is 17.0 Å². The maximum Gasteiger partial charge on any atom is 0.222 e. The highest BCUT2D eigenvalue weighted by Crippen LogP contribution is 2.38. The highest BCUT2D eigenvalue weighted by Gasteiger charge is 2.32. The van der Waals surface area contributed by atoms with E-state index in [0.29, 0.717) is 36.8 Å². The molecular weight excluding hydrogens is 525 g/mol. The second kappa shape index (κ2) is 11.1. The summed E-state index contributed by atoms with van der Waals surface area (Å²) in [5.41, 5.74) is 2.71. The van der Waals surface area contributed by atoms with Crippen LogP contribution in [0.1, 0.15) is 36.3 Å². The number of carbonyl (C=O) groups is 1. The number of amides is 1. The average Bonchev–Trinajstić information content (AvgIpc) is 3.36. The molecule has 1 atom stereocenters. The smallest absolute Gasteiger partial charge is 0.222 e. The van der Waals surface area contributed by atoms with Gasteiger partial charge in [-0.1, -0.05) is 30.3 Å². The fourth-order valence-corrected chi connectivity index (χ4v) is 4.54. The molecule has 1 amide bonds. The van der Waals surface area contributed by atoms with Crippen LogP contribution in [-0.2, 0) is 11.2 Å². The molecule has 1 N–H and O–H groups in total. The van der Waals surface area contributed by atoms with E-state index in [1.165, 1.54) is 11.6 Å². The van der Waals surface area contributed by atoms with Gasteiger partial charge in [-0.3, -0.25) is 9.79 Å². The van der Waals surface area contributed by atoms with Crippen LogP contribution >= 0.6 is 24.0 Å². The maximum atomic E-state index is 13.9. The number of rotatable bonds is 6. The third kappa shape index (κ3) is 5.22. The van der Waals surface area contributed by atoms with E-state index in [9.17, 15) is 13.6 Å². The molecule has 5 nitrogen and oxygen atoms in total. The van der Waals surface area contributed by atoms with E-state index in [4.69, 9.17) is 0 Å². The van der Waals surface area contributed by atoms with E-state index in [0.717, 1.165) is 44.2 Å². The third-order valence-electron chi connectivity index (χ3n) is 6.17. The van der Waals surface area contributed by atoms with Crippen molar-refractivity contribution in [2.45, 2.75) is 31.6 Å². The standard InChI is InChI=1S/C24H28F2N4O.HI/c1-27-24(28-13-11-17-6-4-8-20(25)23(17)26)30-16-18(19-7-2-3-9-21(19)30)12-15-29-14-5-10-22(29)31;/h2-4,6-9,18H,5,10-16H2,1H3,(H,27,28);1H. The van der Waals surface area contributed by atoms with Crippen LogP contribution in [-0.4, -0.2) is 50.0 Å². The molecule has 1 saturated heterocycles. The predicted molar refractivity (Wildman–Crippen MR) is 134 cm³/mol. The monoisotopic (exact) mass is 554 g/mol. The summed E-state index contributed by atoms with van der Waals surface area (Å²) < 4.78 is 27.4. The van der Waals surface area contributed by atoms with Gasteiger partial charge in [0, 0.05) is 51.3 Å². The number of nitrogens with zero attached hydrogens (tertiary/aromatic N) is 3. The molecule has 0 radical (unpaired) electrons. The lowest BCUT2D eigenvalue weighted by molar-refractivity contribution is -0.127. The predicted octanol–water partition coefficient (Wildman–Crippen LogP) is 4.32. The van der Waals surface area contributed by atoms with Crippen molar-refractivity contribution in [3.63, 3.8) is 0 Å². The fraction of sp³-hybridized carbons (Fsp3) is 0.417. The second-order valence-corrected chi connectivity index (χ2v) is 8.08. The Kier molecular flexibility index (Phi) is 8.44. The number of nitrogens with one attached hydrogen (secondary N) is 1. The van der Waals surface area contributed by atoms with Crippen molar-refractivity contribution in [3.8, 4) is 0 Å². The van der Waals surface area contributed by atoms with Gasteiger partial charge >= 0.3 is 0 Å². The van der Waals surface area contributed by atoms with Crippen LogP contribution in [0, 0.1) is 11.6 Å². The Hall–Kier alpha value is -2.23. The number of likely N-dealkylation sites (tertiary alicyclic amines) is 1. The summed E-state index contributed by atoms with van der Waals surface area (Å²) >= 11 is 0. The molecule has 0 aromatic heterocycles. The molecule has 1 fully saturated rings. The van der Waals surface area contributed by atoms with Crippen LogP contribution in [0.15, 0.2) is 47.5 Å². The Morgan fingerprint density at radius 3 is 2.75 bits per heavy atom.